The van der Waals surface area contributed by atoms with E-state index in [4.69, 9.17) is 0 Å². The number of hydrogen-bond acceptors (Lipinski definition) is 4. The Morgan fingerprint density at radius 2 is 1.84 bits per heavy atom. The second-order valence-corrected chi connectivity index (χ2v) is 10.4. The van der Waals surface area contributed by atoms with Gasteiger partial charge in [-0.15, -0.1) is 0 Å². The van der Waals surface area contributed by atoms with Crippen molar-refractivity contribution in [3.63, 3.8) is 0 Å². The molecule has 2 heterocycles. The van der Waals surface area contributed by atoms with Gasteiger partial charge in [-0.1, -0.05) is 55.8 Å². The minimum absolute atomic E-state index is 0.0738. The van der Waals surface area contributed by atoms with Crippen molar-refractivity contribution in [2.75, 3.05) is 24.2 Å². The quantitative estimate of drug-likeness (QED) is 0.560. The van der Waals surface area contributed by atoms with Crippen LogP contribution >= 0.6 is 0 Å². The van der Waals surface area contributed by atoms with Crippen LogP contribution in [0.3, 0.4) is 0 Å². The Bertz CT molecular complexity index is 1180. The topological polar surface area (TPSA) is 84.3 Å². The summed E-state index contributed by atoms with van der Waals surface area (Å²) in [6.45, 7) is 3.34. The first kappa shape index (κ1) is 22.5. The fraction of sp³-hybridized carbons (Fsp3) is 0.417. The molecule has 0 saturated carbocycles. The van der Waals surface area contributed by atoms with Crippen LogP contribution < -0.4 is 5.32 Å². The highest BCUT2D eigenvalue weighted by atomic mass is 32.2. The molecule has 1 aromatic heterocycles. The van der Waals surface area contributed by atoms with Gasteiger partial charge in [-0.2, -0.15) is 5.10 Å². The van der Waals surface area contributed by atoms with Gasteiger partial charge in [0.15, 0.2) is 0 Å². The molecule has 0 spiro atoms. The second-order valence-electron chi connectivity index (χ2n) is 8.34. The average Bonchev–Trinajstić information content (AvgIpc) is 3.24. The molecule has 32 heavy (non-hydrogen) atoms. The largest absolute Gasteiger partial charge is 0.311 e. The molecule has 1 aliphatic rings. The molecule has 2 aromatic carbocycles. The molecule has 0 unspecified atom stereocenters. The molecular weight excluding hydrogens is 424 g/mol. The van der Waals surface area contributed by atoms with E-state index in [0.717, 1.165) is 12.0 Å². The highest BCUT2D eigenvalue weighted by molar-refractivity contribution is 7.89. The normalized spacial score (nSPS) is 15.8. The summed E-state index contributed by atoms with van der Waals surface area (Å²) < 4.78 is 28.1. The molecule has 7 nitrogen and oxygen atoms in total. The summed E-state index contributed by atoms with van der Waals surface area (Å²) in [4.78, 5) is 12.9. The third-order valence-electron chi connectivity index (χ3n) is 6.14. The van der Waals surface area contributed by atoms with Crippen LogP contribution in [-0.4, -0.2) is 47.3 Å². The first-order chi connectivity index (χ1) is 15.5. The summed E-state index contributed by atoms with van der Waals surface area (Å²) in [7, 11) is -3.22. The van der Waals surface area contributed by atoms with Crippen LogP contribution in [0.2, 0.25) is 0 Å². The molecule has 1 saturated heterocycles. The van der Waals surface area contributed by atoms with E-state index in [0.29, 0.717) is 44.7 Å². The molecule has 8 heteroatoms. The molecular formula is C24H30N4O3S. The number of nitrogens with one attached hydrogen (secondary N) is 1. The van der Waals surface area contributed by atoms with Crippen LogP contribution in [0.15, 0.2) is 54.7 Å². The van der Waals surface area contributed by atoms with Crippen LogP contribution in [0.5, 0.6) is 0 Å². The average molecular weight is 455 g/mol. The number of carbonyl (C=O) groups is 1. The Kier molecular flexibility index (Phi) is 6.91. The van der Waals surface area contributed by atoms with Crippen LogP contribution in [0.4, 0.5) is 5.82 Å². The molecule has 3 aromatic rings. The van der Waals surface area contributed by atoms with E-state index in [2.05, 4.69) is 34.7 Å². The number of sulfonamides is 1. The van der Waals surface area contributed by atoms with E-state index < -0.39 is 10.0 Å². The van der Waals surface area contributed by atoms with Crippen LogP contribution in [0.25, 0.3) is 10.8 Å². The van der Waals surface area contributed by atoms with Crippen molar-refractivity contribution in [3.05, 3.63) is 60.3 Å². The van der Waals surface area contributed by atoms with Crippen LogP contribution in [-0.2, 0) is 21.4 Å². The van der Waals surface area contributed by atoms with E-state index in [1.54, 1.807) is 16.9 Å². The van der Waals surface area contributed by atoms with Crippen molar-refractivity contribution in [3.8, 4) is 0 Å². The molecule has 0 atom stereocenters. The zero-order valence-electron chi connectivity index (χ0n) is 18.4. The fourth-order valence-corrected chi connectivity index (χ4v) is 5.92. The van der Waals surface area contributed by atoms with Gasteiger partial charge in [0.05, 0.1) is 18.5 Å². The molecule has 1 amide bonds. The number of benzene rings is 2. The standard InChI is InChI=1S/C24H30N4O3S/c1-2-3-17-32(30,31)27-15-12-20(13-16-27)24(29)26-23-11-14-25-28(23)18-21-9-6-8-19-7-4-5-10-22(19)21/h4-11,14,20H,2-3,12-13,15-18H2,1H3,(H,26,29). The number of rotatable bonds is 8. The number of aromatic nitrogens is 2. The molecule has 1 N–H and O–H groups in total. The molecule has 0 aliphatic carbocycles. The lowest BCUT2D eigenvalue weighted by Gasteiger charge is -2.30. The van der Waals surface area contributed by atoms with Gasteiger partial charge in [-0.3, -0.25) is 4.79 Å². The Labute approximate surface area is 189 Å². The maximum Gasteiger partial charge on any atom is 0.228 e. The SMILES string of the molecule is CCCCS(=O)(=O)N1CCC(C(=O)Nc2ccnn2Cc2cccc3ccccc23)CC1. The highest BCUT2D eigenvalue weighted by Gasteiger charge is 2.31. The van der Waals surface area contributed by atoms with Crippen molar-refractivity contribution in [1.82, 2.24) is 14.1 Å². The number of carbonyl (C=O) groups excluding carboxylic acids is 1. The van der Waals surface area contributed by atoms with Crippen LogP contribution in [0.1, 0.15) is 38.2 Å². The van der Waals surface area contributed by atoms with E-state index in [9.17, 15) is 13.2 Å². The lowest BCUT2D eigenvalue weighted by molar-refractivity contribution is -0.121. The smallest absolute Gasteiger partial charge is 0.228 e. The Balaban J connectivity index is 1.39. The lowest BCUT2D eigenvalue weighted by atomic mass is 9.97. The molecule has 0 bridgehead atoms. The monoisotopic (exact) mass is 454 g/mol. The summed E-state index contributed by atoms with van der Waals surface area (Å²) in [5.41, 5.74) is 1.13. The molecule has 4 rings (SSSR count). The van der Waals surface area contributed by atoms with E-state index in [1.807, 2.05) is 25.1 Å². The minimum Gasteiger partial charge on any atom is -0.311 e. The zero-order valence-corrected chi connectivity index (χ0v) is 19.2. The first-order valence-electron chi connectivity index (χ1n) is 11.2. The van der Waals surface area contributed by atoms with Crippen LogP contribution in [0, 0.1) is 5.92 Å². The van der Waals surface area contributed by atoms with Gasteiger partial charge >= 0.3 is 0 Å². The third-order valence-corrected chi connectivity index (χ3v) is 8.10. The summed E-state index contributed by atoms with van der Waals surface area (Å²) >= 11 is 0. The Morgan fingerprint density at radius 3 is 2.62 bits per heavy atom. The van der Waals surface area contributed by atoms with Crippen molar-refractivity contribution in [2.24, 2.45) is 5.92 Å². The maximum atomic E-state index is 12.9. The third kappa shape index (κ3) is 5.02. The summed E-state index contributed by atoms with van der Waals surface area (Å²) in [6.07, 6.45) is 4.28. The highest BCUT2D eigenvalue weighted by Crippen LogP contribution is 2.24. The number of unbranched alkanes of at least 4 members (excludes halogenated alkanes) is 1. The second kappa shape index (κ2) is 9.83. The van der Waals surface area contributed by atoms with Crippen molar-refractivity contribution < 1.29 is 13.2 Å². The zero-order chi connectivity index (χ0) is 22.6. The number of piperidine rings is 1. The predicted molar refractivity (Wildman–Crippen MR) is 127 cm³/mol. The lowest BCUT2D eigenvalue weighted by Crippen LogP contribution is -2.42. The number of amides is 1. The van der Waals surface area contributed by atoms with Gasteiger partial charge in [0.1, 0.15) is 5.82 Å². The maximum absolute atomic E-state index is 12.9. The van der Waals surface area contributed by atoms with Crippen molar-refractivity contribution >= 4 is 32.5 Å². The Morgan fingerprint density at radius 1 is 1.09 bits per heavy atom. The number of nitrogens with zero attached hydrogens (tertiary/aromatic N) is 3. The van der Waals surface area contributed by atoms with Gasteiger partial charge in [-0.05, 0) is 35.6 Å². The first-order valence-corrected chi connectivity index (χ1v) is 12.9. The van der Waals surface area contributed by atoms with Gasteiger partial charge in [-0.25, -0.2) is 17.4 Å². The summed E-state index contributed by atoms with van der Waals surface area (Å²) in [6, 6.07) is 16.2. The number of anilines is 1. The van der Waals surface area contributed by atoms with E-state index in [-0.39, 0.29) is 17.6 Å². The molecule has 0 radical (unpaired) electrons. The van der Waals surface area contributed by atoms with E-state index in [1.165, 1.54) is 15.1 Å². The van der Waals surface area contributed by atoms with Gasteiger partial charge in [0, 0.05) is 25.1 Å². The molecule has 1 fully saturated rings. The predicted octanol–water partition coefficient (Wildman–Crippen LogP) is 3.87. The number of hydrogen-bond donors (Lipinski definition) is 1. The van der Waals surface area contributed by atoms with Gasteiger partial charge in [0.25, 0.3) is 0 Å². The Hall–Kier alpha value is -2.71. The fourth-order valence-electron chi connectivity index (χ4n) is 4.24. The van der Waals surface area contributed by atoms with Gasteiger partial charge in [0.2, 0.25) is 15.9 Å². The van der Waals surface area contributed by atoms with E-state index >= 15 is 0 Å². The minimum atomic E-state index is -3.22. The van der Waals surface area contributed by atoms with Gasteiger partial charge < -0.3 is 5.32 Å². The van der Waals surface area contributed by atoms with Crippen molar-refractivity contribution in [2.45, 2.75) is 39.2 Å². The number of fused-ring (bicyclic) bond motifs is 1. The van der Waals surface area contributed by atoms with Crippen molar-refractivity contribution in [1.29, 1.82) is 0 Å². The molecule has 1 aliphatic heterocycles. The molecule has 170 valence electrons. The summed E-state index contributed by atoms with van der Waals surface area (Å²) in [5.74, 6) is 0.568. The summed E-state index contributed by atoms with van der Waals surface area (Å²) in [5, 5.41) is 9.75.